The van der Waals surface area contributed by atoms with Crippen molar-refractivity contribution >= 4 is 44.6 Å². The van der Waals surface area contributed by atoms with E-state index in [1.807, 2.05) is 30.3 Å². The van der Waals surface area contributed by atoms with Gasteiger partial charge in [-0.05, 0) is 66.1 Å². The van der Waals surface area contributed by atoms with E-state index in [1.165, 1.54) is 11.4 Å². The van der Waals surface area contributed by atoms with E-state index in [2.05, 4.69) is 30.8 Å². The van der Waals surface area contributed by atoms with Gasteiger partial charge in [-0.2, -0.15) is 10.2 Å². The Labute approximate surface area is 254 Å². The van der Waals surface area contributed by atoms with Crippen LogP contribution in [-0.2, 0) is 26.2 Å². The van der Waals surface area contributed by atoms with Gasteiger partial charge in [0.2, 0.25) is 28.2 Å². The SMILES string of the molecule is COc1ncc(-c2ccc3nccc(-c4ccnnc4)c3c2)cc1N(Cc1ccc(NC(=O)[C@H](C)NC=O)cc1)S(C)(=O)=O. The second kappa shape index (κ2) is 12.8. The van der Waals surface area contributed by atoms with Crippen molar-refractivity contribution in [1.29, 1.82) is 0 Å². The van der Waals surface area contributed by atoms with Gasteiger partial charge in [-0.1, -0.05) is 18.2 Å². The molecule has 0 saturated heterocycles. The molecule has 12 nitrogen and oxygen atoms in total. The molecule has 3 aromatic heterocycles. The van der Waals surface area contributed by atoms with Crippen LogP contribution >= 0.6 is 0 Å². The molecule has 0 aliphatic carbocycles. The highest BCUT2D eigenvalue weighted by Gasteiger charge is 2.24. The lowest BCUT2D eigenvalue weighted by Crippen LogP contribution is -2.37. The van der Waals surface area contributed by atoms with Crippen LogP contribution < -0.4 is 19.7 Å². The summed E-state index contributed by atoms with van der Waals surface area (Å²) < 4.78 is 32.9. The number of hydrogen-bond donors (Lipinski definition) is 2. The van der Waals surface area contributed by atoms with Crippen LogP contribution in [0.5, 0.6) is 5.88 Å². The van der Waals surface area contributed by atoms with E-state index in [0.717, 1.165) is 33.8 Å². The van der Waals surface area contributed by atoms with Gasteiger partial charge in [0.05, 0.1) is 37.8 Å². The van der Waals surface area contributed by atoms with E-state index >= 15 is 0 Å². The first-order valence-corrected chi connectivity index (χ1v) is 15.3. The average Bonchev–Trinajstić information content (AvgIpc) is 3.03. The smallest absolute Gasteiger partial charge is 0.246 e. The molecule has 0 saturated carbocycles. The van der Waals surface area contributed by atoms with E-state index in [1.54, 1.807) is 62.0 Å². The summed E-state index contributed by atoms with van der Waals surface area (Å²) in [5.41, 5.74) is 5.51. The van der Waals surface area contributed by atoms with Gasteiger partial charge in [0.15, 0.2) is 0 Å². The molecule has 0 aliphatic heterocycles. The first-order valence-electron chi connectivity index (χ1n) is 13.5. The van der Waals surface area contributed by atoms with Crippen molar-refractivity contribution in [3.05, 3.63) is 91.0 Å². The number of sulfonamides is 1. The van der Waals surface area contributed by atoms with Crippen molar-refractivity contribution in [2.75, 3.05) is 23.0 Å². The van der Waals surface area contributed by atoms with E-state index < -0.39 is 16.1 Å². The quantitative estimate of drug-likeness (QED) is 0.212. The second-order valence-electron chi connectivity index (χ2n) is 9.94. The Balaban J connectivity index is 1.49. The Hall–Kier alpha value is -5.43. The highest BCUT2D eigenvalue weighted by atomic mass is 32.2. The molecule has 2 amide bonds. The predicted molar refractivity (Wildman–Crippen MR) is 167 cm³/mol. The first kappa shape index (κ1) is 30.0. The molecular weight excluding hydrogens is 582 g/mol. The highest BCUT2D eigenvalue weighted by molar-refractivity contribution is 7.92. The van der Waals surface area contributed by atoms with Crippen molar-refractivity contribution in [3.8, 4) is 28.1 Å². The molecule has 0 unspecified atom stereocenters. The zero-order valence-corrected chi connectivity index (χ0v) is 24.9. The molecule has 5 aromatic rings. The summed E-state index contributed by atoms with van der Waals surface area (Å²) in [6.07, 6.45) is 8.26. The number of benzene rings is 2. The van der Waals surface area contributed by atoms with Gasteiger partial charge >= 0.3 is 0 Å². The van der Waals surface area contributed by atoms with Crippen LogP contribution in [0.1, 0.15) is 12.5 Å². The maximum atomic E-state index is 13.1. The summed E-state index contributed by atoms with van der Waals surface area (Å²) in [5.74, 6) is -0.241. The van der Waals surface area contributed by atoms with E-state index in [0.29, 0.717) is 23.2 Å². The van der Waals surface area contributed by atoms with Gasteiger partial charge < -0.3 is 15.4 Å². The largest absolute Gasteiger partial charge is 0.479 e. The molecule has 0 bridgehead atoms. The highest BCUT2D eigenvalue weighted by Crippen LogP contribution is 2.36. The molecule has 224 valence electrons. The topological polar surface area (TPSA) is 156 Å². The Kier molecular flexibility index (Phi) is 8.76. The third-order valence-electron chi connectivity index (χ3n) is 6.92. The number of pyridine rings is 2. The summed E-state index contributed by atoms with van der Waals surface area (Å²) in [6.45, 7) is 1.54. The number of nitrogens with zero attached hydrogens (tertiary/aromatic N) is 5. The molecule has 2 aromatic carbocycles. The lowest BCUT2D eigenvalue weighted by atomic mass is 9.99. The standard InChI is InChI=1S/C31H29N7O5S/c1-20(34-19-39)30(40)37-25-7-4-21(5-8-25)18-38(44(3,41)42)29-15-24(16-33-31(29)43-2)22-6-9-28-27(14-22)26(11-12-32-28)23-10-13-35-36-17-23/h4-17,19-20H,18H2,1-3H3,(H,34,39)(H,37,40)/t20-/m0/s1. The van der Waals surface area contributed by atoms with Gasteiger partial charge in [0, 0.05) is 34.6 Å². The summed E-state index contributed by atoms with van der Waals surface area (Å²) in [6, 6.07) is 17.3. The average molecular weight is 612 g/mol. The lowest BCUT2D eigenvalue weighted by Gasteiger charge is -2.24. The number of carbonyl (C=O) groups is 2. The van der Waals surface area contributed by atoms with Gasteiger partial charge in [-0.25, -0.2) is 13.4 Å². The van der Waals surface area contributed by atoms with Crippen molar-refractivity contribution in [2.45, 2.75) is 19.5 Å². The van der Waals surface area contributed by atoms with Gasteiger partial charge in [0.25, 0.3) is 0 Å². The van der Waals surface area contributed by atoms with E-state index in [-0.39, 0.29) is 24.0 Å². The van der Waals surface area contributed by atoms with Crippen LogP contribution in [0.3, 0.4) is 0 Å². The Morgan fingerprint density at radius 2 is 1.75 bits per heavy atom. The van der Waals surface area contributed by atoms with Gasteiger partial charge in [-0.3, -0.25) is 18.9 Å². The number of nitrogens with one attached hydrogen (secondary N) is 2. The lowest BCUT2D eigenvalue weighted by molar-refractivity contribution is -0.120. The van der Waals surface area contributed by atoms with Crippen LogP contribution in [0.15, 0.2) is 85.5 Å². The van der Waals surface area contributed by atoms with Crippen LogP contribution in [-0.4, -0.2) is 60.3 Å². The van der Waals surface area contributed by atoms with Crippen LogP contribution in [0, 0.1) is 0 Å². The maximum absolute atomic E-state index is 13.1. The minimum atomic E-state index is -3.79. The minimum Gasteiger partial charge on any atom is -0.479 e. The number of ether oxygens (including phenoxy) is 1. The Bertz CT molecular complexity index is 1920. The van der Waals surface area contributed by atoms with Crippen LogP contribution in [0.2, 0.25) is 0 Å². The Morgan fingerprint density at radius 1 is 0.955 bits per heavy atom. The van der Waals surface area contributed by atoms with Crippen molar-refractivity contribution in [1.82, 2.24) is 25.5 Å². The molecule has 0 spiro atoms. The normalized spacial score (nSPS) is 11.9. The molecule has 44 heavy (non-hydrogen) atoms. The molecule has 0 radical (unpaired) electrons. The zero-order chi connectivity index (χ0) is 31.3. The summed E-state index contributed by atoms with van der Waals surface area (Å²) >= 11 is 0. The summed E-state index contributed by atoms with van der Waals surface area (Å²) in [7, 11) is -2.36. The van der Waals surface area contributed by atoms with E-state index in [9.17, 15) is 18.0 Å². The zero-order valence-electron chi connectivity index (χ0n) is 24.1. The van der Waals surface area contributed by atoms with E-state index in [4.69, 9.17) is 4.74 Å². The number of aromatic nitrogens is 4. The minimum absolute atomic E-state index is 0.0154. The van der Waals surface area contributed by atoms with Gasteiger partial charge in [0.1, 0.15) is 11.7 Å². The molecule has 1 atom stereocenters. The Morgan fingerprint density at radius 3 is 2.43 bits per heavy atom. The monoisotopic (exact) mass is 611 g/mol. The first-order chi connectivity index (χ1) is 21.2. The number of fused-ring (bicyclic) bond motifs is 1. The van der Waals surface area contributed by atoms with Crippen molar-refractivity contribution in [3.63, 3.8) is 0 Å². The molecular formula is C31H29N7O5S. The van der Waals surface area contributed by atoms with Crippen molar-refractivity contribution in [2.24, 2.45) is 0 Å². The maximum Gasteiger partial charge on any atom is 0.246 e. The molecule has 3 heterocycles. The third-order valence-corrected chi connectivity index (χ3v) is 8.05. The number of hydrogen-bond acceptors (Lipinski definition) is 9. The molecule has 13 heteroatoms. The van der Waals surface area contributed by atoms with Crippen molar-refractivity contribution < 1.29 is 22.7 Å². The van der Waals surface area contributed by atoms with Gasteiger partial charge in [-0.15, -0.1) is 0 Å². The number of amides is 2. The van der Waals surface area contributed by atoms with Crippen LogP contribution in [0.25, 0.3) is 33.2 Å². The fraction of sp³-hybridized carbons (Fsp3) is 0.161. The molecule has 0 fully saturated rings. The summed E-state index contributed by atoms with van der Waals surface area (Å²) in [4.78, 5) is 31.8. The molecule has 5 rings (SSSR count). The third kappa shape index (κ3) is 6.63. The number of anilines is 2. The molecule has 0 aliphatic rings. The fourth-order valence-corrected chi connectivity index (χ4v) is 5.50. The number of rotatable bonds is 11. The predicted octanol–water partition coefficient (Wildman–Crippen LogP) is 3.80. The molecule has 2 N–H and O–H groups in total. The number of carbonyl (C=O) groups excluding carboxylic acids is 2. The number of methoxy groups -OCH3 is 1. The second-order valence-corrected chi connectivity index (χ2v) is 11.8. The summed E-state index contributed by atoms with van der Waals surface area (Å²) in [5, 5.41) is 13.9. The fourth-order valence-electron chi connectivity index (χ4n) is 4.63. The van der Waals surface area contributed by atoms with Crippen LogP contribution in [0.4, 0.5) is 11.4 Å².